The molecule has 72 valence electrons. The third-order valence-electron chi connectivity index (χ3n) is 2.45. The molecule has 1 heterocycles. The molecule has 0 amide bonds. The average Bonchev–Trinajstić information content (AvgIpc) is 1.93. The summed E-state index contributed by atoms with van der Waals surface area (Å²) < 4.78 is 36.9. The van der Waals surface area contributed by atoms with Crippen LogP contribution in [-0.2, 0) is 0 Å². The van der Waals surface area contributed by atoms with Gasteiger partial charge in [-0.05, 0) is 18.9 Å². The fourth-order valence-electron chi connectivity index (χ4n) is 1.39. The number of rotatable bonds is 0. The summed E-state index contributed by atoms with van der Waals surface area (Å²) in [6.07, 6.45) is -4.17. The van der Waals surface area contributed by atoms with Gasteiger partial charge in [-0.1, -0.05) is 6.92 Å². The maximum Gasteiger partial charge on any atom is 0.418 e. The topological polar surface area (TPSA) is 32.3 Å². The van der Waals surface area contributed by atoms with Crippen LogP contribution >= 0.6 is 0 Å². The molecular formula is C7H12F3NO. The molecule has 0 saturated carbocycles. The van der Waals surface area contributed by atoms with Crippen LogP contribution in [0.4, 0.5) is 13.2 Å². The van der Waals surface area contributed by atoms with Crippen molar-refractivity contribution in [1.82, 2.24) is 5.32 Å². The predicted molar refractivity (Wildman–Crippen MR) is 37.7 cm³/mol. The van der Waals surface area contributed by atoms with Crippen molar-refractivity contribution in [3.63, 3.8) is 0 Å². The van der Waals surface area contributed by atoms with E-state index in [1.54, 1.807) is 0 Å². The Labute approximate surface area is 68.8 Å². The van der Waals surface area contributed by atoms with Gasteiger partial charge < -0.3 is 10.4 Å². The molecule has 0 radical (unpaired) electrons. The van der Waals surface area contributed by atoms with Crippen LogP contribution in [0.2, 0.25) is 0 Å². The Hall–Kier alpha value is -0.290. The first-order chi connectivity index (χ1) is 5.38. The van der Waals surface area contributed by atoms with Crippen LogP contribution in [0, 0.1) is 5.92 Å². The highest BCUT2D eigenvalue weighted by Gasteiger charge is 2.57. The van der Waals surface area contributed by atoms with Crippen molar-refractivity contribution >= 4 is 0 Å². The van der Waals surface area contributed by atoms with Crippen LogP contribution in [0.5, 0.6) is 0 Å². The number of alkyl halides is 3. The highest BCUT2D eigenvalue weighted by atomic mass is 19.4. The van der Waals surface area contributed by atoms with Gasteiger partial charge in [-0.25, -0.2) is 0 Å². The second kappa shape index (κ2) is 2.88. The van der Waals surface area contributed by atoms with E-state index in [4.69, 9.17) is 0 Å². The molecule has 0 aromatic heterocycles. The molecule has 0 unspecified atom stereocenters. The molecule has 0 aromatic rings. The summed E-state index contributed by atoms with van der Waals surface area (Å²) in [7, 11) is 0. The van der Waals surface area contributed by atoms with Gasteiger partial charge in [0.2, 0.25) is 0 Å². The molecule has 2 nitrogen and oxygen atoms in total. The minimum Gasteiger partial charge on any atom is -0.379 e. The summed E-state index contributed by atoms with van der Waals surface area (Å²) >= 11 is 0. The van der Waals surface area contributed by atoms with Crippen molar-refractivity contribution in [3.05, 3.63) is 0 Å². The van der Waals surface area contributed by atoms with Crippen LogP contribution in [0.25, 0.3) is 0 Å². The highest BCUT2D eigenvalue weighted by molar-refractivity contribution is 4.96. The fourth-order valence-corrected chi connectivity index (χ4v) is 1.39. The minimum atomic E-state index is -4.53. The normalized spacial score (nSPS) is 38.2. The van der Waals surface area contributed by atoms with Gasteiger partial charge in [0.15, 0.2) is 5.60 Å². The molecule has 1 fully saturated rings. The fraction of sp³-hybridized carbons (Fsp3) is 1.00. The molecule has 0 aromatic carbocycles. The first kappa shape index (κ1) is 9.80. The summed E-state index contributed by atoms with van der Waals surface area (Å²) in [5.74, 6) is -0.723. The lowest BCUT2D eigenvalue weighted by atomic mass is 9.83. The SMILES string of the molecule is C[C@H]1CCNC[C@]1(O)C(F)(F)F. The second-order valence-electron chi connectivity index (χ2n) is 3.29. The van der Waals surface area contributed by atoms with E-state index in [1.165, 1.54) is 6.92 Å². The van der Waals surface area contributed by atoms with Gasteiger partial charge in [-0.2, -0.15) is 13.2 Å². The largest absolute Gasteiger partial charge is 0.418 e. The summed E-state index contributed by atoms with van der Waals surface area (Å²) in [6, 6.07) is 0. The zero-order chi connectivity index (χ0) is 9.41. The van der Waals surface area contributed by atoms with Crippen LogP contribution in [0.1, 0.15) is 13.3 Å². The van der Waals surface area contributed by atoms with Gasteiger partial charge in [-0.3, -0.25) is 0 Å². The van der Waals surface area contributed by atoms with Gasteiger partial charge in [0, 0.05) is 6.54 Å². The van der Waals surface area contributed by atoms with E-state index in [0.29, 0.717) is 13.0 Å². The summed E-state index contributed by atoms with van der Waals surface area (Å²) in [5, 5.41) is 11.8. The van der Waals surface area contributed by atoms with Crippen molar-refractivity contribution in [2.75, 3.05) is 13.1 Å². The van der Waals surface area contributed by atoms with Crippen LogP contribution in [-0.4, -0.2) is 30.0 Å². The molecule has 0 bridgehead atoms. The molecule has 12 heavy (non-hydrogen) atoms. The molecule has 0 aliphatic carbocycles. The summed E-state index contributed by atoms with van der Waals surface area (Å²) in [6.45, 7) is 1.57. The average molecular weight is 183 g/mol. The first-order valence-corrected chi connectivity index (χ1v) is 3.88. The van der Waals surface area contributed by atoms with Gasteiger partial charge in [-0.15, -0.1) is 0 Å². The second-order valence-corrected chi connectivity index (χ2v) is 3.29. The molecule has 1 saturated heterocycles. The van der Waals surface area contributed by atoms with E-state index in [2.05, 4.69) is 5.32 Å². The lowest BCUT2D eigenvalue weighted by Gasteiger charge is -2.39. The van der Waals surface area contributed by atoms with Crippen molar-refractivity contribution in [3.8, 4) is 0 Å². The number of hydrogen-bond donors (Lipinski definition) is 2. The maximum absolute atomic E-state index is 12.3. The van der Waals surface area contributed by atoms with Crippen molar-refractivity contribution in [1.29, 1.82) is 0 Å². The molecular weight excluding hydrogens is 171 g/mol. The molecule has 5 heteroatoms. The monoisotopic (exact) mass is 183 g/mol. The van der Waals surface area contributed by atoms with E-state index in [1.807, 2.05) is 0 Å². The van der Waals surface area contributed by atoms with Crippen molar-refractivity contribution in [2.24, 2.45) is 5.92 Å². The predicted octanol–water partition coefficient (Wildman–Crippen LogP) is 0.909. The number of hydrogen-bond acceptors (Lipinski definition) is 2. The zero-order valence-electron chi connectivity index (χ0n) is 6.78. The van der Waals surface area contributed by atoms with Crippen molar-refractivity contribution < 1.29 is 18.3 Å². The van der Waals surface area contributed by atoms with Gasteiger partial charge in [0.25, 0.3) is 0 Å². The quantitative estimate of drug-likeness (QED) is 0.585. The van der Waals surface area contributed by atoms with Crippen LogP contribution in [0.15, 0.2) is 0 Å². The summed E-state index contributed by atoms with van der Waals surface area (Å²) in [4.78, 5) is 0. The van der Waals surface area contributed by atoms with Gasteiger partial charge >= 0.3 is 6.18 Å². The molecule has 0 spiro atoms. The maximum atomic E-state index is 12.3. The molecule has 1 aliphatic heterocycles. The Balaban J connectivity index is 2.79. The zero-order valence-corrected chi connectivity index (χ0v) is 6.78. The lowest BCUT2D eigenvalue weighted by Crippen LogP contribution is -2.60. The number of halogens is 3. The van der Waals surface area contributed by atoms with E-state index >= 15 is 0 Å². The van der Waals surface area contributed by atoms with E-state index < -0.39 is 24.2 Å². The minimum absolute atomic E-state index is 0.357. The standard InChI is InChI=1S/C7H12F3NO/c1-5-2-3-11-4-6(5,12)7(8,9)10/h5,11-12H,2-4H2,1H3/t5-,6+/m0/s1. The Kier molecular flexibility index (Phi) is 2.35. The van der Waals surface area contributed by atoms with E-state index in [-0.39, 0.29) is 0 Å². The Morgan fingerprint density at radius 2 is 2.08 bits per heavy atom. The number of β-amino-alcohol motifs (C(OH)–C–C–N with tert-alkyl or cyclic N) is 1. The number of piperidine rings is 1. The Bertz CT molecular complexity index is 171. The third-order valence-corrected chi connectivity index (χ3v) is 2.45. The highest BCUT2D eigenvalue weighted by Crippen LogP contribution is 2.38. The van der Waals surface area contributed by atoms with E-state index in [9.17, 15) is 18.3 Å². The molecule has 2 atom stereocenters. The number of nitrogens with one attached hydrogen (secondary N) is 1. The Morgan fingerprint density at radius 1 is 1.50 bits per heavy atom. The lowest BCUT2D eigenvalue weighted by molar-refractivity contribution is -0.280. The first-order valence-electron chi connectivity index (χ1n) is 3.88. The van der Waals surface area contributed by atoms with Gasteiger partial charge in [0.05, 0.1) is 0 Å². The summed E-state index contributed by atoms with van der Waals surface area (Å²) in [5.41, 5.74) is -2.54. The third kappa shape index (κ3) is 1.43. The number of aliphatic hydroxyl groups is 1. The Morgan fingerprint density at radius 3 is 2.42 bits per heavy atom. The molecule has 1 aliphatic rings. The van der Waals surface area contributed by atoms with Crippen LogP contribution < -0.4 is 5.32 Å². The smallest absolute Gasteiger partial charge is 0.379 e. The molecule has 1 rings (SSSR count). The van der Waals surface area contributed by atoms with Crippen LogP contribution in [0.3, 0.4) is 0 Å². The van der Waals surface area contributed by atoms with Gasteiger partial charge in [0.1, 0.15) is 0 Å². The van der Waals surface area contributed by atoms with E-state index in [0.717, 1.165) is 0 Å². The van der Waals surface area contributed by atoms with Crippen molar-refractivity contribution in [2.45, 2.75) is 25.1 Å². The molecule has 2 N–H and O–H groups in total.